The van der Waals surface area contributed by atoms with Crippen molar-refractivity contribution in [2.45, 2.75) is 6.92 Å². The molecule has 0 fully saturated rings. The second kappa shape index (κ2) is 9.43. The third-order valence-electron chi connectivity index (χ3n) is 3.70. The van der Waals surface area contributed by atoms with Crippen LogP contribution in [0.3, 0.4) is 0 Å². The molecule has 6 nitrogen and oxygen atoms in total. The Morgan fingerprint density at radius 3 is 2.37 bits per heavy atom. The van der Waals surface area contributed by atoms with Gasteiger partial charge in [-0.3, -0.25) is 9.59 Å². The summed E-state index contributed by atoms with van der Waals surface area (Å²) in [6, 6.07) is 11.3. The minimum Gasteiger partial charge on any atom is -0.508 e. The third kappa shape index (κ3) is 5.88. The number of ketones is 1. The van der Waals surface area contributed by atoms with Crippen molar-refractivity contribution in [3.63, 3.8) is 0 Å². The van der Waals surface area contributed by atoms with Gasteiger partial charge in [-0.05, 0) is 55.0 Å². The van der Waals surface area contributed by atoms with E-state index in [1.807, 2.05) is 6.92 Å². The first-order chi connectivity index (χ1) is 12.9. The second-order valence-electron chi connectivity index (χ2n) is 5.96. The van der Waals surface area contributed by atoms with Crippen LogP contribution in [0, 0.1) is 0 Å². The summed E-state index contributed by atoms with van der Waals surface area (Å²) in [7, 11) is 3.32. The highest BCUT2D eigenvalue weighted by Crippen LogP contribution is 2.29. The van der Waals surface area contributed by atoms with Gasteiger partial charge in [-0.25, -0.2) is 0 Å². The van der Waals surface area contributed by atoms with Crippen molar-refractivity contribution >= 4 is 17.8 Å². The number of likely N-dealkylation sites (N-methyl/N-ethyl adjacent to an activating group) is 1. The van der Waals surface area contributed by atoms with Crippen LogP contribution in [0.2, 0.25) is 0 Å². The van der Waals surface area contributed by atoms with Crippen LogP contribution in [0.5, 0.6) is 17.2 Å². The number of benzene rings is 2. The number of carbonyl (C=O) groups is 2. The predicted molar refractivity (Wildman–Crippen MR) is 103 cm³/mol. The number of phenolic OH excluding ortho intramolecular Hbond substituents is 1. The maximum atomic E-state index is 12.2. The van der Waals surface area contributed by atoms with Gasteiger partial charge in [0.1, 0.15) is 5.75 Å². The Kier molecular flexibility index (Phi) is 7.00. The van der Waals surface area contributed by atoms with Crippen molar-refractivity contribution in [1.82, 2.24) is 4.90 Å². The van der Waals surface area contributed by atoms with Crippen molar-refractivity contribution in [3.05, 3.63) is 59.7 Å². The molecule has 6 heteroatoms. The zero-order chi connectivity index (χ0) is 19.8. The van der Waals surface area contributed by atoms with Crippen molar-refractivity contribution in [2.24, 2.45) is 0 Å². The molecule has 2 aromatic rings. The molecule has 0 spiro atoms. The summed E-state index contributed by atoms with van der Waals surface area (Å²) in [6.45, 7) is 2.21. The summed E-state index contributed by atoms with van der Waals surface area (Å²) in [5, 5.41) is 9.28. The highest BCUT2D eigenvalue weighted by molar-refractivity contribution is 6.06. The molecule has 2 rings (SSSR count). The van der Waals surface area contributed by atoms with Gasteiger partial charge in [0, 0.05) is 19.7 Å². The number of allylic oxidation sites excluding steroid dienone is 1. The van der Waals surface area contributed by atoms with Crippen LogP contribution in [-0.4, -0.2) is 49.0 Å². The SMILES string of the molecule is CCOc1cc(/C=C/C(=O)c2ccc(O)cc2)ccc1OCC(=O)N(C)C. The molecule has 0 saturated carbocycles. The maximum absolute atomic E-state index is 12.2. The molecule has 1 N–H and O–H groups in total. The first kappa shape index (κ1) is 20.0. The van der Waals surface area contributed by atoms with Crippen molar-refractivity contribution in [1.29, 1.82) is 0 Å². The Labute approximate surface area is 158 Å². The fourth-order valence-corrected chi connectivity index (χ4v) is 2.18. The molecule has 0 heterocycles. The van der Waals surface area contributed by atoms with E-state index in [-0.39, 0.29) is 24.0 Å². The number of hydrogen-bond acceptors (Lipinski definition) is 5. The largest absolute Gasteiger partial charge is 0.508 e. The molecule has 0 saturated heterocycles. The van der Waals surface area contributed by atoms with Gasteiger partial charge >= 0.3 is 0 Å². The smallest absolute Gasteiger partial charge is 0.259 e. The zero-order valence-corrected chi connectivity index (χ0v) is 15.6. The number of rotatable bonds is 8. The lowest BCUT2D eigenvalue weighted by molar-refractivity contribution is -0.130. The molecular weight excluding hydrogens is 346 g/mol. The summed E-state index contributed by atoms with van der Waals surface area (Å²) in [5.41, 5.74) is 1.24. The zero-order valence-electron chi connectivity index (χ0n) is 15.6. The number of phenols is 1. The first-order valence-electron chi connectivity index (χ1n) is 8.52. The fraction of sp³-hybridized carbons (Fsp3) is 0.238. The van der Waals surface area contributed by atoms with Gasteiger partial charge in [-0.2, -0.15) is 0 Å². The van der Waals surface area contributed by atoms with E-state index in [1.165, 1.54) is 23.1 Å². The van der Waals surface area contributed by atoms with E-state index in [4.69, 9.17) is 9.47 Å². The van der Waals surface area contributed by atoms with E-state index in [0.717, 1.165) is 5.56 Å². The molecule has 27 heavy (non-hydrogen) atoms. The molecule has 0 radical (unpaired) electrons. The van der Waals surface area contributed by atoms with Gasteiger partial charge in [-0.1, -0.05) is 12.1 Å². The number of aromatic hydroxyl groups is 1. The first-order valence-corrected chi connectivity index (χ1v) is 8.52. The van der Waals surface area contributed by atoms with Crippen molar-refractivity contribution < 1.29 is 24.2 Å². The summed E-state index contributed by atoms with van der Waals surface area (Å²) in [4.78, 5) is 25.3. The monoisotopic (exact) mass is 369 g/mol. The summed E-state index contributed by atoms with van der Waals surface area (Å²) in [5.74, 6) is 0.753. The lowest BCUT2D eigenvalue weighted by Crippen LogP contribution is -2.27. The molecule has 0 aliphatic rings. The molecule has 0 unspecified atom stereocenters. The average Bonchev–Trinajstić information content (AvgIpc) is 2.65. The molecule has 2 aromatic carbocycles. The van der Waals surface area contributed by atoms with Crippen LogP contribution in [0.1, 0.15) is 22.8 Å². The minimum atomic E-state index is -0.176. The Bertz CT molecular complexity index is 825. The van der Waals surface area contributed by atoms with Crippen LogP contribution in [0.4, 0.5) is 0 Å². The van der Waals surface area contributed by atoms with E-state index in [2.05, 4.69) is 0 Å². The fourth-order valence-electron chi connectivity index (χ4n) is 2.18. The molecular formula is C21H23NO5. The molecule has 0 atom stereocenters. The summed E-state index contributed by atoms with van der Waals surface area (Å²) >= 11 is 0. The lowest BCUT2D eigenvalue weighted by Gasteiger charge is -2.14. The number of hydrogen-bond donors (Lipinski definition) is 1. The number of ether oxygens (including phenoxy) is 2. The Balaban J connectivity index is 2.13. The minimum absolute atomic E-state index is 0.0817. The van der Waals surface area contributed by atoms with E-state index in [0.29, 0.717) is 23.7 Å². The Morgan fingerprint density at radius 2 is 1.74 bits per heavy atom. The van der Waals surface area contributed by atoms with E-state index in [9.17, 15) is 14.7 Å². The molecule has 0 aliphatic carbocycles. The summed E-state index contributed by atoms with van der Waals surface area (Å²) < 4.78 is 11.1. The second-order valence-corrected chi connectivity index (χ2v) is 5.96. The van der Waals surface area contributed by atoms with E-state index < -0.39 is 0 Å². The average molecular weight is 369 g/mol. The Morgan fingerprint density at radius 1 is 1.04 bits per heavy atom. The predicted octanol–water partition coefficient (Wildman–Crippen LogP) is 3.15. The molecule has 0 aromatic heterocycles. The maximum Gasteiger partial charge on any atom is 0.259 e. The van der Waals surface area contributed by atoms with Crippen LogP contribution in [0.25, 0.3) is 6.08 Å². The molecule has 0 aliphatic heterocycles. The highest BCUT2D eigenvalue weighted by atomic mass is 16.5. The lowest BCUT2D eigenvalue weighted by atomic mass is 10.1. The molecule has 0 bridgehead atoms. The normalized spacial score (nSPS) is 10.6. The van der Waals surface area contributed by atoms with E-state index >= 15 is 0 Å². The molecule has 142 valence electrons. The van der Waals surface area contributed by atoms with Gasteiger partial charge in [0.25, 0.3) is 5.91 Å². The summed E-state index contributed by atoms with van der Waals surface area (Å²) in [6.07, 6.45) is 3.13. The van der Waals surface area contributed by atoms with Crippen molar-refractivity contribution in [2.75, 3.05) is 27.3 Å². The Hall–Kier alpha value is -3.28. The van der Waals surface area contributed by atoms with Crippen LogP contribution in [-0.2, 0) is 4.79 Å². The van der Waals surface area contributed by atoms with Gasteiger partial charge < -0.3 is 19.5 Å². The highest BCUT2D eigenvalue weighted by Gasteiger charge is 2.10. The topological polar surface area (TPSA) is 76.1 Å². The molecule has 1 amide bonds. The van der Waals surface area contributed by atoms with E-state index in [1.54, 1.807) is 50.5 Å². The van der Waals surface area contributed by atoms with Crippen molar-refractivity contribution in [3.8, 4) is 17.2 Å². The number of carbonyl (C=O) groups excluding carboxylic acids is 2. The standard InChI is InChI=1S/C21H23NO5/c1-4-26-20-13-15(6-12-19(20)27-14-21(25)22(2)3)5-11-18(24)16-7-9-17(23)10-8-16/h5-13,23H,4,14H2,1-3H3/b11-5+. The third-order valence-corrected chi connectivity index (χ3v) is 3.70. The quantitative estimate of drug-likeness (QED) is 0.571. The van der Waals surface area contributed by atoms with Crippen LogP contribution in [0.15, 0.2) is 48.5 Å². The van der Waals surface area contributed by atoms with Gasteiger partial charge in [0.05, 0.1) is 6.61 Å². The van der Waals surface area contributed by atoms with Crippen LogP contribution < -0.4 is 9.47 Å². The van der Waals surface area contributed by atoms with Gasteiger partial charge in [0.2, 0.25) is 0 Å². The van der Waals surface area contributed by atoms with Crippen LogP contribution >= 0.6 is 0 Å². The van der Waals surface area contributed by atoms with Gasteiger partial charge in [0.15, 0.2) is 23.9 Å². The number of amides is 1. The number of nitrogens with zero attached hydrogens (tertiary/aromatic N) is 1. The van der Waals surface area contributed by atoms with Gasteiger partial charge in [-0.15, -0.1) is 0 Å².